The van der Waals surface area contributed by atoms with E-state index in [9.17, 15) is 9.59 Å². The summed E-state index contributed by atoms with van der Waals surface area (Å²) in [5.74, 6) is 0.130. The third-order valence-electron chi connectivity index (χ3n) is 4.48. The highest BCUT2D eigenvalue weighted by Crippen LogP contribution is 2.20. The van der Waals surface area contributed by atoms with Gasteiger partial charge in [0.25, 0.3) is 11.5 Å². The van der Waals surface area contributed by atoms with E-state index in [0.717, 1.165) is 17.1 Å². The summed E-state index contributed by atoms with van der Waals surface area (Å²) in [5.41, 5.74) is 2.33. The van der Waals surface area contributed by atoms with Gasteiger partial charge in [0.15, 0.2) is 5.82 Å². The highest BCUT2D eigenvalue weighted by Gasteiger charge is 2.21. The fourth-order valence-corrected chi connectivity index (χ4v) is 3.61. The predicted octanol–water partition coefficient (Wildman–Crippen LogP) is 2.71. The van der Waals surface area contributed by atoms with E-state index in [0.29, 0.717) is 34.2 Å². The van der Waals surface area contributed by atoms with Gasteiger partial charge in [0.1, 0.15) is 10.6 Å². The van der Waals surface area contributed by atoms with Crippen molar-refractivity contribution in [1.82, 2.24) is 29.9 Å². The Kier molecular flexibility index (Phi) is 5.71. The second kappa shape index (κ2) is 8.75. The molecule has 1 unspecified atom stereocenters. The number of hydrogen-bond acceptors (Lipinski definition) is 7. The lowest BCUT2D eigenvalue weighted by atomic mass is 10.0. The number of amides is 1. The number of aromatic nitrogens is 5. The molecule has 0 fully saturated rings. The van der Waals surface area contributed by atoms with Crippen molar-refractivity contribution < 1.29 is 4.79 Å². The second-order valence-corrected chi connectivity index (χ2v) is 7.38. The summed E-state index contributed by atoms with van der Waals surface area (Å²) >= 11 is 1.05. The van der Waals surface area contributed by atoms with Gasteiger partial charge in [0.05, 0.1) is 17.4 Å². The van der Waals surface area contributed by atoms with Crippen molar-refractivity contribution in [1.29, 1.82) is 0 Å². The molecule has 0 aliphatic rings. The number of nitrogens with one attached hydrogen (secondary N) is 2. The number of hydrogen-bond donors (Lipinski definition) is 2. The predicted molar refractivity (Wildman–Crippen MR) is 113 cm³/mol. The molecule has 2 N–H and O–H groups in total. The third kappa shape index (κ3) is 4.47. The van der Waals surface area contributed by atoms with Crippen LogP contribution in [0, 0.1) is 6.92 Å². The van der Waals surface area contributed by atoms with Crippen molar-refractivity contribution in [2.24, 2.45) is 0 Å². The van der Waals surface area contributed by atoms with Crippen LogP contribution in [0.2, 0.25) is 0 Å². The normalized spacial score (nSPS) is 11.8. The third-order valence-corrected chi connectivity index (χ3v) is 5.31. The van der Waals surface area contributed by atoms with Crippen molar-refractivity contribution >= 4 is 17.4 Å². The van der Waals surface area contributed by atoms with Gasteiger partial charge in [0, 0.05) is 18.7 Å². The molecular formula is C21H18N6O2S. The molecule has 0 saturated heterocycles. The van der Waals surface area contributed by atoms with Crippen LogP contribution in [0.5, 0.6) is 0 Å². The molecule has 3 heterocycles. The summed E-state index contributed by atoms with van der Waals surface area (Å²) in [6.07, 6.45) is 1.98. The van der Waals surface area contributed by atoms with Crippen molar-refractivity contribution in [2.75, 3.05) is 0 Å². The van der Waals surface area contributed by atoms with Crippen LogP contribution in [0.15, 0.2) is 65.6 Å². The second-order valence-electron chi connectivity index (χ2n) is 6.63. The molecule has 0 saturated carbocycles. The zero-order valence-corrected chi connectivity index (χ0v) is 16.9. The number of benzene rings is 1. The summed E-state index contributed by atoms with van der Waals surface area (Å²) in [5, 5.41) is 6.93. The van der Waals surface area contributed by atoms with Crippen LogP contribution in [-0.4, -0.2) is 30.4 Å². The van der Waals surface area contributed by atoms with Gasteiger partial charge in [-0.2, -0.15) is 0 Å². The lowest BCUT2D eigenvalue weighted by Gasteiger charge is -2.19. The number of aryl methyl sites for hydroxylation is 1. The van der Waals surface area contributed by atoms with Crippen LogP contribution in [-0.2, 0) is 6.42 Å². The summed E-state index contributed by atoms with van der Waals surface area (Å²) in [7, 11) is 0. The van der Waals surface area contributed by atoms with E-state index in [4.69, 9.17) is 0 Å². The first-order valence-corrected chi connectivity index (χ1v) is 10.0. The van der Waals surface area contributed by atoms with Gasteiger partial charge >= 0.3 is 0 Å². The first kappa shape index (κ1) is 19.6. The molecule has 1 aromatic carbocycles. The Morgan fingerprint density at radius 3 is 2.67 bits per heavy atom. The topological polar surface area (TPSA) is 114 Å². The Hall–Kier alpha value is -3.72. The maximum atomic E-state index is 12.8. The molecule has 0 radical (unpaired) electrons. The van der Waals surface area contributed by atoms with Crippen LogP contribution >= 0.6 is 11.5 Å². The molecular weight excluding hydrogens is 400 g/mol. The SMILES string of the molecule is Cc1nnsc1C(=O)NC(Cc1cc(=O)[nH]c(-c2ccccn2)n1)c1ccccc1. The zero-order valence-electron chi connectivity index (χ0n) is 16.1. The van der Waals surface area contributed by atoms with E-state index in [1.54, 1.807) is 25.3 Å². The fourth-order valence-electron chi connectivity index (χ4n) is 3.05. The van der Waals surface area contributed by atoms with Crippen LogP contribution < -0.4 is 10.9 Å². The lowest BCUT2D eigenvalue weighted by molar-refractivity contribution is 0.0939. The summed E-state index contributed by atoms with van der Waals surface area (Å²) in [6, 6.07) is 16.0. The molecule has 4 aromatic rings. The summed E-state index contributed by atoms with van der Waals surface area (Å²) < 4.78 is 3.83. The summed E-state index contributed by atoms with van der Waals surface area (Å²) in [4.78, 5) is 37.0. The minimum Gasteiger partial charge on any atom is -0.344 e. The van der Waals surface area contributed by atoms with E-state index >= 15 is 0 Å². The number of carbonyl (C=O) groups excluding carboxylic acids is 1. The smallest absolute Gasteiger partial charge is 0.265 e. The molecule has 0 aliphatic carbocycles. The van der Waals surface area contributed by atoms with Gasteiger partial charge in [-0.05, 0) is 36.2 Å². The molecule has 0 bridgehead atoms. The van der Waals surface area contributed by atoms with Gasteiger partial charge in [-0.25, -0.2) is 4.98 Å². The molecule has 3 aromatic heterocycles. The van der Waals surface area contributed by atoms with Gasteiger partial charge in [-0.15, -0.1) is 5.10 Å². The first-order chi connectivity index (χ1) is 14.6. The number of pyridine rings is 1. The highest BCUT2D eigenvalue weighted by molar-refractivity contribution is 7.08. The van der Waals surface area contributed by atoms with E-state index < -0.39 is 0 Å². The largest absolute Gasteiger partial charge is 0.344 e. The van der Waals surface area contributed by atoms with Crippen molar-refractivity contribution in [3.8, 4) is 11.5 Å². The van der Waals surface area contributed by atoms with Gasteiger partial charge in [-0.3, -0.25) is 14.6 Å². The highest BCUT2D eigenvalue weighted by atomic mass is 32.1. The van der Waals surface area contributed by atoms with E-state index in [2.05, 4.69) is 29.9 Å². The van der Waals surface area contributed by atoms with Crippen molar-refractivity contribution in [3.63, 3.8) is 0 Å². The van der Waals surface area contributed by atoms with Crippen LogP contribution in [0.1, 0.15) is 32.7 Å². The molecule has 1 atom stereocenters. The maximum Gasteiger partial charge on any atom is 0.265 e. The molecule has 4 rings (SSSR count). The number of carbonyl (C=O) groups is 1. The Labute approximate surface area is 176 Å². The Morgan fingerprint density at radius 1 is 1.17 bits per heavy atom. The Bertz CT molecular complexity index is 1210. The minimum atomic E-state index is -0.383. The Balaban J connectivity index is 1.65. The Morgan fingerprint density at radius 2 is 1.97 bits per heavy atom. The monoisotopic (exact) mass is 418 g/mol. The van der Waals surface area contributed by atoms with Crippen LogP contribution in [0.25, 0.3) is 11.5 Å². The zero-order chi connectivity index (χ0) is 20.9. The average molecular weight is 418 g/mol. The van der Waals surface area contributed by atoms with Gasteiger partial charge in [0.2, 0.25) is 0 Å². The van der Waals surface area contributed by atoms with Crippen molar-refractivity contribution in [2.45, 2.75) is 19.4 Å². The number of aromatic amines is 1. The van der Waals surface area contributed by atoms with E-state index in [1.807, 2.05) is 36.4 Å². The van der Waals surface area contributed by atoms with E-state index in [1.165, 1.54) is 6.07 Å². The quantitative estimate of drug-likeness (QED) is 0.498. The number of nitrogens with zero attached hydrogens (tertiary/aromatic N) is 4. The summed E-state index contributed by atoms with van der Waals surface area (Å²) in [6.45, 7) is 1.74. The minimum absolute atomic E-state index is 0.258. The molecule has 8 nitrogen and oxygen atoms in total. The van der Waals surface area contributed by atoms with Crippen molar-refractivity contribution in [3.05, 3.63) is 93.0 Å². The van der Waals surface area contributed by atoms with E-state index in [-0.39, 0.29) is 17.5 Å². The standard InChI is InChI=1S/C21H18N6O2S/c1-13-19(30-27-26-13)21(29)24-17(14-7-3-2-4-8-14)11-15-12-18(28)25-20(23-15)16-9-5-6-10-22-16/h2-10,12,17H,11H2,1H3,(H,24,29)(H,23,25,28). The molecule has 1 amide bonds. The average Bonchev–Trinajstić information content (AvgIpc) is 3.20. The van der Waals surface area contributed by atoms with Crippen LogP contribution in [0.4, 0.5) is 0 Å². The van der Waals surface area contributed by atoms with Gasteiger partial charge in [-0.1, -0.05) is 40.9 Å². The molecule has 150 valence electrons. The van der Waals surface area contributed by atoms with Gasteiger partial charge < -0.3 is 10.3 Å². The molecule has 0 aliphatic heterocycles. The molecule has 30 heavy (non-hydrogen) atoms. The molecule has 0 spiro atoms. The fraction of sp³-hybridized carbons (Fsp3) is 0.143. The van der Waals surface area contributed by atoms with Crippen LogP contribution in [0.3, 0.4) is 0 Å². The number of rotatable bonds is 6. The first-order valence-electron chi connectivity index (χ1n) is 9.26. The lowest BCUT2D eigenvalue weighted by Crippen LogP contribution is -2.30. The molecule has 9 heteroatoms. The maximum absolute atomic E-state index is 12.8. The number of H-pyrrole nitrogens is 1.